The molecule has 27 heavy (non-hydrogen) atoms. The van der Waals surface area contributed by atoms with Gasteiger partial charge in [0.25, 0.3) is 0 Å². The van der Waals surface area contributed by atoms with E-state index in [2.05, 4.69) is 56.8 Å². The van der Waals surface area contributed by atoms with Crippen LogP contribution in [0.2, 0.25) is 0 Å². The molecule has 140 valence electrons. The molecule has 0 fully saturated rings. The third-order valence-corrected chi connectivity index (χ3v) is 6.42. The van der Waals surface area contributed by atoms with Crippen LogP contribution in [-0.4, -0.2) is 27.4 Å². The number of aromatic nitrogens is 2. The van der Waals surface area contributed by atoms with E-state index < -0.39 is 0 Å². The summed E-state index contributed by atoms with van der Waals surface area (Å²) in [7, 11) is 0. The highest BCUT2D eigenvalue weighted by Crippen LogP contribution is 2.39. The molecule has 2 aromatic carbocycles. The van der Waals surface area contributed by atoms with E-state index in [4.69, 9.17) is 15.6 Å². The van der Waals surface area contributed by atoms with Gasteiger partial charge in [0.1, 0.15) is 5.03 Å². The Kier molecular flexibility index (Phi) is 5.82. The lowest BCUT2D eigenvalue weighted by Gasteiger charge is -2.22. The van der Waals surface area contributed by atoms with Crippen LogP contribution in [-0.2, 0) is 22.4 Å². The van der Waals surface area contributed by atoms with Crippen LogP contribution >= 0.6 is 34.4 Å². The lowest BCUT2D eigenvalue weighted by atomic mass is 9.90. The van der Waals surface area contributed by atoms with Gasteiger partial charge in [0.05, 0.1) is 18.9 Å². The Morgan fingerprint density at radius 2 is 2.04 bits per heavy atom. The van der Waals surface area contributed by atoms with Crippen LogP contribution in [0.3, 0.4) is 0 Å². The van der Waals surface area contributed by atoms with Crippen molar-refractivity contribution in [1.29, 1.82) is 0 Å². The van der Waals surface area contributed by atoms with Crippen molar-refractivity contribution in [3.05, 3.63) is 47.0 Å². The summed E-state index contributed by atoms with van der Waals surface area (Å²) in [4.78, 5) is 8.92. The number of nitrogen functional groups attached to an aromatic ring is 1. The SMILES string of the molecule is Nc1nc(SCCCO)cc(-c2c(CI)cc3c4c(cccc24)COC3)n1. The third-order valence-electron chi connectivity index (χ3n) is 4.60. The second kappa shape index (κ2) is 8.30. The van der Waals surface area contributed by atoms with E-state index in [1.54, 1.807) is 11.8 Å². The molecule has 0 atom stereocenters. The topological polar surface area (TPSA) is 81.3 Å². The van der Waals surface area contributed by atoms with Gasteiger partial charge in [-0.25, -0.2) is 9.97 Å². The predicted molar refractivity (Wildman–Crippen MR) is 118 cm³/mol. The van der Waals surface area contributed by atoms with Crippen LogP contribution in [0.15, 0.2) is 35.4 Å². The van der Waals surface area contributed by atoms with Gasteiger partial charge in [-0.05, 0) is 39.9 Å². The molecule has 1 aliphatic rings. The van der Waals surface area contributed by atoms with Gasteiger partial charge < -0.3 is 15.6 Å². The van der Waals surface area contributed by atoms with E-state index >= 15 is 0 Å². The fraction of sp³-hybridized carbons (Fsp3) is 0.300. The minimum Gasteiger partial charge on any atom is -0.396 e. The number of hydrogen-bond acceptors (Lipinski definition) is 6. The molecular weight excluding hydrogens is 473 g/mol. The standard InChI is InChI=1S/C20H20IN3O2S/c21-9-13-7-14-11-26-10-12-3-1-4-15(18(12)14)19(13)16-8-17(24-20(22)23-16)27-6-2-5-25/h1,3-4,7-8,25H,2,5-6,9-11H2,(H2,22,23,24). The van der Waals surface area contributed by atoms with Crippen molar-refractivity contribution in [2.45, 2.75) is 29.1 Å². The van der Waals surface area contributed by atoms with Crippen LogP contribution in [0, 0.1) is 0 Å². The molecule has 0 unspecified atom stereocenters. The van der Waals surface area contributed by atoms with E-state index in [0.717, 1.165) is 32.9 Å². The molecule has 5 nitrogen and oxygen atoms in total. The molecule has 2 heterocycles. The van der Waals surface area contributed by atoms with Gasteiger partial charge in [-0.15, -0.1) is 11.8 Å². The van der Waals surface area contributed by atoms with Gasteiger partial charge in [-0.3, -0.25) is 0 Å². The average molecular weight is 493 g/mol. The first-order chi connectivity index (χ1) is 13.2. The maximum atomic E-state index is 9.02. The molecule has 1 aromatic heterocycles. The number of thioether (sulfide) groups is 1. The number of nitrogens with zero attached hydrogens (tertiary/aromatic N) is 2. The Morgan fingerprint density at radius 1 is 1.19 bits per heavy atom. The Balaban J connectivity index is 1.90. The largest absolute Gasteiger partial charge is 0.396 e. The smallest absolute Gasteiger partial charge is 0.221 e. The van der Waals surface area contributed by atoms with Gasteiger partial charge in [0, 0.05) is 22.4 Å². The predicted octanol–water partition coefficient (Wildman–Crippen LogP) is 4.32. The zero-order valence-corrected chi connectivity index (χ0v) is 17.7. The summed E-state index contributed by atoms with van der Waals surface area (Å²) in [6, 6.07) is 10.6. The number of halogens is 1. The molecule has 1 aliphatic heterocycles. The van der Waals surface area contributed by atoms with Crippen LogP contribution < -0.4 is 5.73 Å². The molecule has 3 N–H and O–H groups in total. The summed E-state index contributed by atoms with van der Waals surface area (Å²) >= 11 is 3.99. The maximum Gasteiger partial charge on any atom is 0.221 e. The van der Waals surface area contributed by atoms with E-state index in [1.807, 2.05) is 6.07 Å². The summed E-state index contributed by atoms with van der Waals surface area (Å²) in [6.07, 6.45) is 0.726. The number of hydrogen-bond donors (Lipinski definition) is 2. The van der Waals surface area contributed by atoms with Crippen molar-refractivity contribution >= 4 is 51.1 Å². The minimum atomic E-state index is 0.177. The van der Waals surface area contributed by atoms with Gasteiger partial charge in [-0.1, -0.05) is 46.9 Å². The highest BCUT2D eigenvalue weighted by atomic mass is 127. The number of nitrogens with two attached hydrogens (primary N) is 1. The second-order valence-electron chi connectivity index (χ2n) is 6.41. The van der Waals surface area contributed by atoms with Crippen molar-refractivity contribution < 1.29 is 9.84 Å². The first-order valence-electron chi connectivity index (χ1n) is 8.80. The Hall–Kier alpha value is -1.42. The van der Waals surface area contributed by atoms with Crippen molar-refractivity contribution in [3.8, 4) is 11.3 Å². The average Bonchev–Trinajstić information content (AvgIpc) is 2.68. The highest BCUT2D eigenvalue weighted by molar-refractivity contribution is 14.1. The van der Waals surface area contributed by atoms with Crippen LogP contribution in [0.4, 0.5) is 5.95 Å². The molecule has 7 heteroatoms. The molecule has 0 amide bonds. The van der Waals surface area contributed by atoms with E-state index in [-0.39, 0.29) is 12.6 Å². The molecule has 0 saturated carbocycles. The number of aliphatic hydroxyl groups is 1. The number of aliphatic hydroxyl groups excluding tert-OH is 1. The van der Waals surface area contributed by atoms with E-state index in [1.165, 1.54) is 27.5 Å². The molecule has 0 saturated heterocycles. The van der Waals surface area contributed by atoms with Crippen molar-refractivity contribution in [2.24, 2.45) is 0 Å². The maximum absolute atomic E-state index is 9.02. The lowest BCUT2D eigenvalue weighted by molar-refractivity contribution is 0.103. The van der Waals surface area contributed by atoms with Gasteiger partial charge in [-0.2, -0.15) is 0 Å². The molecular formula is C20H20IN3O2S. The van der Waals surface area contributed by atoms with Gasteiger partial charge >= 0.3 is 0 Å². The zero-order chi connectivity index (χ0) is 18.8. The molecule has 0 aliphatic carbocycles. The molecule has 0 radical (unpaired) electrons. The third kappa shape index (κ3) is 3.78. The summed E-state index contributed by atoms with van der Waals surface area (Å²) in [5, 5.41) is 12.3. The van der Waals surface area contributed by atoms with Crippen molar-refractivity contribution in [1.82, 2.24) is 9.97 Å². The van der Waals surface area contributed by atoms with Crippen molar-refractivity contribution in [2.75, 3.05) is 18.1 Å². The normalized spacial score (nSPS) is 13.3. The first kappa shape index (κ1) is 18.9. The summed E-state index contributed by atoms with van der Waals surface area (Å²) < 4.78 is 6.62. The van der Waals surface area contributed by atoms with Crippen molar-refractivity contribution in [3.63, 3.8) is 0 Å². The first-order valence-corrected chi connectivity index (χ1v) is 11.3. The molecule has 0 bridgehead atoms. The Morgan fingerprint density at radius 3 is 2.85 bits per heavy atom. The Bertz CT molecular complexity index is 997. The van der Waals surface area contributed by atoms with Crippen LogP contribution in [0.1, 0.15) is 23.1 Å². The Labute approximate surface area is 175 Å². The second-order valence-corrected chi connectivity index (χ2v) is 8.29. The van der Waals surface area contributed by atoms with E-state index in [0.29, 0.717) is 13.2 Å². The zero-order valence-electron chi connectivity index (χ0n) is 14.7. The number of rotatable bonds is 6. The van der Waals surface area contributed by atoms with Crippen LogP contribution in [0.25, 0.3) is 22.0 Å². The molecule has 4 rings (SSSR count). The lowest BCUT2D eigenvalue weighted by Crippen LogP contribution is -2.07. The number of anilines is 1. The number of alkyl halides is 1. The monoisotopic (exact) mass is 493 g/mol. The minimum absolute atomic E-state index is 0.177. The fourth-order valence-electron chi connectivity index (χ4n) is 3.51. The molecule has 0 spiro atoms. The highest BCUT2D eigenvalue weighted by Gasteiger charge is 2.20. The van der Waals surface area contributed by atoms with Gasteiger partial charge in [0.2, 0.25) is 5.95 Å². The summed E-state index contributed by atoms with van der Waals surface area (Å²) in [5.74, 6) is 1.08. The van der Waals surface area contributed by atoms with Gasteiger partial charge in [0.15, 0.2) is 0 Å². The van der Waals surface area contributed by atoms with E-state index in [9.17, 15) is 0 Å². The summed E-state index contributed by atoms with van der Waals surface area (Å²) in [5.41, 5.74) is 11.7. The number of benzene rings is 2. The fourth-order valence-corrected chi connectivity index (χ4v) is 4.95. The molecule has 3 aromatic rings. The summed E-state index contributed by atoms with van der Waals surface area (Å²) in [6.45, 7) is 1.46. The van der Waals surface area contributed by atoms with Crippen LogP contribution in [0.5, 0.6) is 0 Å². The quantitative estimate of drug-likeness (QED) is 0.175. The number of ether oxygens (including phenoxy) is 1.